The van der Waals surface area contributed by atoms with Crippen molar-refractivity contribution in [2.75, 3.05) is 19.6 Å². The summed E-state index contributed by atoms with van der Waals surface area (Å²) in [6.07, 6.45) is 4.94. The second-order valence-electron chi connectivity index (χ2n) is 15.2. The molecule has 0 bridgehead atoms. The highest BCUT2D eigenvalue weighted by Crippen LogP contribution is 2.45. The number of benzene rings is 2. The van der Waals surface area contributed by atoms with E-state index < -0.39 is 14.2 Å². The molecule has 0 aromatic heterocycles. The van der Waals surface area contributed by atoms with Crippen molar-refractivity contribution >= 4 is 43.3 Å². The van der Waals surface area contributed by atoms with Gasteiger partial charge in [-0.05, 0) is 96.1 Å². The summed E-state index contributed by atoms with van der Waals surface area (Å²) in [5.74, 6) is -2.90. The number of nitrogens with zero attached hydrogens (tertiary/aromatic N) is 2. The van der Waals surface area contributed by atoms with Crippen LogP contribution in [0.5, 0.6) is 0 Å². The first kappa shape index (κ1) is 37.3. The first-order chi connectivity index (χ1) is 22.6. The molecule has 0 radical (unpaired) electrons. The van der Waals surface area contributed by atoms with Crippen LogP contribution in [0.4, 0.5) is 8.78 Å². The van der Waals surface area contributed by atoms with Crippen LogP contribution in [0, 0.1) is 5.92 Å². The Bertz CT molecular complexity index is 1410. The van der Waals surface area contributed by atoms with Crippen molar-refractivity contribution in [2.24, 2.45) is 5.92 Å². The van der Waals surface area contributed by atoms with Gasteiger partial charge in [-0.25, -0.2) is 8.78 Å². The quantitative estimate of drug-likeness (QED) is 0.230. The first-order valence-corrected chi connectivity index (χ1v) is 20.8. The molecule has 48 heavy (non-hydrogen) atoms. The first-order valence-electron chi connectivity index (χ1n) is 17.9. The molecule has 3 aliphatic rings. The van der Waals surface area contributed by atoms with Crippen LogP contribution in [-0.2, 0) is 15.6 Å². The van der Waals surface area contributed by atoms with Gasteiger partial charge in [0.15, 0.2) is 0 Å². The third-order valence-corrected chi connectivity index (χ3v) is 18.2. The highest BCUT2D eigenvalue weighted by molar-refractivity contribution is 6.77. The number of carbonyl (C=O) groups is 2. The van der Waals surface area contributed by atoms with Crippen molar-refractivity contribution in [3.63, 3.8) is 0 Å². The number of hydrogen-bond donors (Lipinski definition) is 0. The van der Waals surface area contributed by atoms with E-state index in [4.69, 9.17) is 27.6 Å². The molecule has 3 fully saturated rings. The number of halogens is 4. The summed E-state index contributed by atoms with van der Waals surface area (Å²) >= 11 is 13.6. The molecule has 1 atom stereocenters. The summed E-state index contributed by atoms with van der Waals surface area (Å²) in [6, 6.07) is 11.0. The topological polar surface area (TPSA) is 49.9 Å². The van der Waals surface area contributed by atoms with Crippen LogP contribution in [0.25, 0.3) is 11.1 Å². The Hall–Kier alpha value is -2.00. The third-order valence-electron chi connectivity index (χ3n) is 11.4. The van der Waals surface area contributed by atoms with Gasteiger partial charge in [0, 0.05) is 66.1 Å². The molecule has 2 aromatic carbocycles. The molecule has 2 aliphatic heterocycles. The molecule has 5 nitrogen and oxygen atoms in total. The van der Waals surface area contributed by atoms with E-state index in [1.165, 1.54) is 4.90 Å². The van der Waals surface area contributed by atoms with E-state index in [9.17, 15) is 18.4 Å². The predicted octanol–water partition coefficient (Wildman–Crippen LogP) is 10.4. The molecule has 2 amide bonds. The number of carbonyl (C=O) groups excluding carboxylic acids is 2. The molecule has 0 unspecified atom stereocenters. The molecule has 264 valence electrons. The zero-order valence-electron chi connectivity index (χ0n) is 29.3. The minimum Gasteiger partial charge on any atom is -0.413 e. The number of rotatable bonds is 10. The smallest absolute Gasteiger partial charge is 0.253 e. The van der Waals surface area contributed by atoms with E-state index in [0.717, 1.165) is 55.3 Å². The fourth-order valence-corrected chi connectivity index (χ4v) is 15.0. The Morgan fingerprint density at radius 2 is 1.40 bits per heavy atom. The normalized spacial score (nSPS) is 23.5. The molecule has 5 rings (SSSR count). The zero-order chi connectivity index (χ0) is 35.0. The van der Waals surface area contributed by atoms with Crippen molar-refractivity contribution in [2.45, 2.75) is 128 Å². The standard InChI is InChI=1S/C38H52Cl2F2N2O3Si/c1-24(2)48(25(3)4,26(5)6)47-32-13-11-31(12-14-32)44-18-15-29(37(44)46)21-33-34(39)22-30(23-35(33)40)27-7-9-28(10-8-27)36(45)43-19-16-38(41,42)17-20-43/h7-10,22-26,29,31-32H,11-21H2,1-6H3/t29-,31-,32-/m0/s1. The number of amides is 2. The van der Waals surface area contributed by atoms with Crippen molar-refractivity contribution in [1.29, 1.82) is 0 Å². The van der Waals surface area contributed by atoms with Gasteiger partial charge >= 0.3 is 0 Å². The molecular formula is C38H52Cl2F2N2O3Si. The molecule has 0 spiro atoms. The summed E-state index contributed by atoms with van der Waals surface area (Å²) < 4.78 is 34.1. The summed E-state index contributed by atoms with van der Waals surface area (Å²) in [4.78, 5) is 30.1. The molecule has 0 N–H and O–H groups in total. The van der Waals surface area contributed by atoms with Crippen molar-refractivity contribution in [1.82, 2.24) is 9.80 Å². The van der Waals surface area contributed by atoms with E-state index in [2.05, 4.69) is 46.4 Å². The minimum absolute atomic E-state index is 0.0504. The number of likely N-dealkylation sites (tertiary alicyclic amines) is 2. The maximum atomic E-state index is 13.7. The lowest BCUT2D eigenvalue weighted by molar-refractivity contribution is -0.133. The highest BCUT2D eigenvalue weighted by Gasteiger charge is 2.47. The molecule has 2 aromatic rings. The van der Waals surface area contributed by atoms with Crippen LogP contribution in [-0.4, -0.2) is 67.6 Å². The average Bonchev–Trinajstić information content (AvgIpc) is 3.40. The van der Waals surface area contributed by atoms with Crippen LogP contribution >= 0.6 is 23.2 Å². The number of hydrogen-bond acceptors (Lipinski definition) is 3. The summed E-state index contributed by atoms with van der Waals surface area (Å²) in [5.41, 5.74) is 4.57. The molecule has 1 aliphatic carbocycles. The largest absolute Gasteiger partial charge is 0.413 e. The van der Waals surface area contributed by atoms with Gasteiger partial charge in [-0.3, -0.25) is 9.59 Å². The number of piperidine rings is 1. The molecule has 2 saturated heterocycles. The van der Waals surface area contributed by atoms with E-state index in [0.29, 0.717) is 38.7 Å². The van der Waals surface area contributed by atoms with Gasteiger partial charge in [-0.2, -0.15) is 0 Å². The lowest BCUT2D eigenvalue weighted by atomic mass is 9.92. The maximum absolute atomic E-state index is 13.7. The van der Waals surface area contributed by atoms with E-state index in [-0.39, 0.29) is 55.8 Å². The Morgan fingerprint density at radius 1 is 0.854 bits per heavy atom. The Labute approximate surface area is 296 Å². The lowest BCUT2D eigenvalue weighted by Crippen LogP contribution is -2.51. The Balaban J connectivity index is 1.18. The van der Waals surface area contributed by atoms with Gasteiger partial charge in [0.05, 0.1) is 0 Å². The molecule has 1 saturated carbocycles. The summed E-state index contributed by atoms with van der Waals surface area (Å²) in [7, 11) is -1.93. The maximum Gasteiger partial charge on any atom is 0.253 e. The Kier molecular flexibility index (Phi) is 11.7. The molecule has 10 heteroatoms. The van der Waals surface area contributed by atoms with E-state index in [1.54, 1.807) is 12.1 Å². The minimum atomic E-state index is -2.70. The SMILES string of the molecule is CC(C)[Si](O[C@H]1CC[C@H](N2CC[C@@H](Cc3c(Cl)cc(-c4ccc(C(=O)N5CCC(F)(F)CC5)cc4)cc3Cl)C2=O)CC1)(C(C)C)C(C)C. The van der Waals surface area contributed by atoms with Crippen LogP contribution in [0.3, 0.4) is 0 Å². The molecular weight excluding hydrogens is 669 g/mol. The van der Waals surface area contributed by atoms with Crippen molar-refractivity contribution in [3.8, 4) is 11.1 Å². The molecule has 2 heterocycles. The summed E-state index contributed by atoms with van der Waals surface area (Å²) in [6.45, 7) is 14.9. The van der Waals surface area contributed by atoms with Crippen molar-refractivity contribution < 1.29 is 22.8 Å². The van der Waals surface area contributed by atoms with Crippen LogP contribution in [0.1, 0.15) is 102 Å². The second kappa shape index (κ2) is 15.1. The van der Waals surface area contributed by atoms with Gasteiger partial charge in [-0.1, -0.05) is 76.9 Å². The fraction of sp³-hybridized carbons (Fsp3) is 0.632. The van der Waals surface area contributed by atoms with Crippen LogP contribution in [0.15, 0.2) is 36.4 Å². The predicted molar refractivity (Wildman–Crippen MR) is 194 cm³/mol. The van der Waals surface area contributed by atoms with Gasteiger partial charge in [-0.15, -0.1) is 0 Å². The number of alkyl halides is 2. The summed E-state index contributed by atoms with van der Waals surface area (Å²) in [5, 5.41) is 1.04. The Morgan fingerprint density at radius 3 is 1.92 bits per heavy atom. The van der Waals surface area contributed by atoms with Crippen LogP contribution < -0.4 is 0 Å². The van der Waals surface area contributed by atoms with E-state index >= 15 is 0 Å². The van der Waals surface area contributed by atoms with Gasteiger partial charge in [0.1, 0.15) is 0 Å². The highest BCUT2D eigenvalue weighted by atomic mass is 35.5. The lowest BCUT2D eigenvalue weighted by Gasteiger charge is -2.46. The van der Waals surface area contributed by atoms with E-state index in [1.807, 2.05) is 24.3 Å². The van der Waals surface area contributed by atoms with Crippen molar-refractivity contribution in [3.05, 3.63) is 57.6 Å². The van der Waals surface area contributed by atoms with Gasteiger partial charge < -0.3 is 14.2 Å². The fourth-order valence-electron chi connectivity index (χ4n) is 8.72. The van der Waals surface area contributed by atoms with Crippen LogP contribution in [0.2, 0.25) is 26.7 Å². The monoisotopic (exact) mass is 720 g/mol. The second-order valence-corrected chi connectivity index (χ2v) is 21.5. The third kappa shape index (κ3) is 7.82. The van der Waals surface area contributed by atoms with Gasteiger partial charge in [0.2, 0.25) is 14.2 Å². The zero-order valence-corrected chi connectivity index (χ0v) is 31.8. The average molecular weight is 722 g/mol. The van der Waals surface area contributed by atoms with Gasteiger partial charge in [0.25, 0.3) is 11.8 Å².